The van der Waals surface area contributed by atoms with Crippen molar-refractivity contribution in [2.45, 2.75) is 37.4 Å². The van der Waals surface area contributed by atoms with Crippen LogP contribution in [0.15, 0.2) is 29.1 Å². The van der Waals surface area contributed by atoms with Crippen molar-refractivity contribution in [3.05, 3.63) is 40.2 Å². The number of benzene rings is 1. The summed E-state index contributed by atoms with van der Waals surface area (Å²) in [6.07, 6.45) is 3.77. The average Bonchev–Trinajstić information content (AvgIpc) is 3.10. The summed E-state index contributed by atoms with van der Waals surface area (Å²) in [5.41, 5.74) is 1.08. The van der Waals surface area contributed by atoms with Gasteiger partial charge in [0.2, 0.25) is 10.0 Å². The van der Waals surface area contributed by atoms with E-state index in [0.717, 1.165) is 31.1 Å². The Hall–Kier alpha value is -1.86. The summed E-state index contributed by atoms with van der Waals surface area (Å²) in [5.74, 6) is 0.676. The molecule has 1 aromatic carbocycles. The summed E-state index contributed by atoms with van der Waals surface area (Å²) in [7, 11) is -1.70. The van der Waals surface area contributed by atoms with Crippen LogP contribution in [0.2, 0.25) is 0 Å². The number of fused-ring (bicyclic) bond motifs is 1. The standard InChI is InChI=1S/C17H22N2O4S/c1-23-14-7-6-12-10-13(17(20)19-16(12)11-14)8-9-18-24(21,22)15-4-2-3-5-15/h6-7,10-11,15,18H,2-5,8-9H2,1H3,(H,19,20). The van der Waals surface area contributed by atoms with E-state index >= 15 is 0 Å². The monoisotopic (exact) mass is 350 g/mol. The van der Waals surface area contributed by atoms with Crippen LogP contribution in [0.3, 0.4) is 0 Å². The summed E-state index contributed by atoms with van der Waals surface area (Å²) in [6, 6.07) is 7.27. The van der Waals surface area contributed by atoms with E-state index in [4.69, 9.17) is 4.74 Å². The number of pyridine rings is 1. The molecular formula is C17H22N2O4S. The lowest BCUT2D eigenvalue weighted by molar-refractivity contribution is 0.415. The van der Waals surface area contributed by atoms with Gasteiger partial charge in [-0.3, -0.25) is 4.79 Å². The maximum atomic E-state index is 12.2. The highest BCUT2D eigenvalue weighted by Gasteiger charge is 2.28. The molecule has 130 valence electrons. The fourth-order valence-electron chi connectivity index (χ4n) is 3.18. The van der Waals surface area contributed by atoms with E-state index < -0.39 is 10.0 Å². The van der Waals surface area contributed by atoms with E-state index in [1.54, 1.807) is 19.2 Å². The molecule has 0 aliphatic heterocycles. The number of sulfonamides is 1. The van der Waals surface area contributed by atoms with Crippen LogP contribution in [0.5, 0.6) is 5.75 Å². The molecule has 1 saturated carbocycles. The van der Waals surface area contributed by atoms with Crippen LogP contribution in [-0.4, -0.2) is 32.3 Å². The van der Waals surface area contributed by atoms with Crippen LogP contribution in [0, 0.1) is 0 Å². The minimum Gasteiger partial charge on any atom is -0.497 e. The van der Waals surface area contributed by atoms with Crippen LogP contribution in [0.25, 0.3) is 10.9 Å². The number of aromatic nitrogens is 1. The smallest absolute Gasteiger partial charge is 0.251 e. The van der Waals surface area contributed by atoms with E-state index in [1.807, 2.05) is 12.1 Å². The predicted octanol–water partition coefficient (Wildman–Crippen LogP) is 1.94. The quantitative estimate of drug-likeness (QED) is 0.833. The molecule has 6 nitrogen and oxygen atoms in total. The second kappa shape index (κ2) is 6.94. The van der Waals surface area contributed by atoms with Gasteiger partial charge in [0.15, 0.2) is 0 Å². The van der Waals surface area contributed by atoms with Gasteiger partial charge in [-0.15, -0.1) is 0 Å². The Morgan fingerprint density at radius 2 is 2.00 bits per heavy atom. The lowest BCUT2D eigenvalue weighted by atomic mass is 10.1. The molecule has 3 rings (SSSR count). The molecule has 0 radical (unpaired) electrons. The molecule has 1 heterocycles. The number of methoxy groups -OCH3 is 1. The lowest BCUT2D eigenvalue weighted by Crippen LogP contribution is -2.34. The number of rotatable bonds is 6. The minimum atomic E-state index is -3.27. The maximum absolute atomic E-state index is 12.2. The summed E-state index contributed by atoms with van der Waals surface area (Å²) in [6.45, 7) is 0.240. The van der Waals surface area contributed by atoms with Crippen LogP contribution in [-0.2, 0) is 16.4 Å². The van der Waals surface area contributed by atoms with E-state index in [2.05, 4.69) is 9.71 Å². The third kappa shape index (κ3) is 3.62. The molecule has 2 N–H and O–H groups in total. The Balaban J connectivity index is 1.71. The molecule has 0 spiro atoms. The molecule has 1 aromatic heterocycles. The highest BCUT2D eigenvalue weighted by molar-refractivity contribution is 7.90. The summed E-state index contributed by atoms with van der Waals surface area (Å²) >= 11 is 0. The van der Waals surface area contributed by atoms with Crippen LogP contribution >= 0.6 is 0 Å². The second-order valence-corrected chi connectivity index (χ2v) is 8.22. The van der Waals surface area contributed by atoms with Gasteiger partial charge in [0, 0.05) is 18.2 Å². The SMILES string of the molecule is COc1ccc2cc(CCNS(=O)(=O)C3CCCC3)c(=O)[nH]c2c1. The number of hydrogen-bond acceptors (Lipinski definition) is 4. The van der Waals surface area contributed by atoms with Crippen molar-refractivity contribution in [1.29, 1.82) is 0 Å². The molecule has 2 aromatic rings. The minimum absolute atomic E-state index is 0.198. The van der Waals surface area contributed by atoms with Gasteiger partial charge in [0.25, 0.3) is 5.56 Å². The maximum Gasteiger partial charge on any atom is 0.251 e. The topological polar surface area (TPSA) is 88.3 Å². The number of aromatic amines is 1. The highest BCUT2D eigenvalue weighted by atomic mass is 32.2. The normalized spacial score (nSPS) is 15.9. The average molecular weight is 350 g/mol. The number of H-pyrrole nitrogens is 1. The summed E-state index contributed by atoms with van der Waals surface area (Å²) in [5, 5.41) is 0.615. The first-order valence-electron chi connectivity index (χ1n) is 8.18. The van der Waals surface area contributed by atoms with Crippen LogP contribution in [0.1, 0.15) is 31.2 Å². The molecule has 0 unspecified atom stereocenters. The third-order valence-corrected chi connectivity index (χ3v) is 6.52. The number of hydrogen-bond donors (Lipinski definition) is 2. The largest absolute Gasteiger partial charge is 0.497 e. The van der Waals surface area contributed by atoms with E-state index in [-0.39, 0.29) is 17.4 Å². The van der Waals surface area contributed by atoms with Gasteiger partial charge in [-0.2, -0.15) is 0 Å². The summed E-state index contributed by atoms with van der Waals surface area (Å²) in [4.78, 5) is 15.0. The zero-order chi connectivity index (χ0) is 17.2. The molecule has 1 fully saturated rings. The van der Waals surface area contributed by atoms with Crippen molar-refractivity contribution in [2.24, 2.45) is 0 Å². The van der Waals surface area contributed by atoms with Gasteiger partial charge in [-0.1, -0.05) is 12.8 Å². The third-order valence-electron chi connectivity index (χ3n) is 4.57. The predicted molar refractivity (Wildman–Crippen MR) is 94.0 cm³/mol. The first kappa shape index (κ1) is 17.0. The molecule has 0 atom stereocenters. The molecular weight excluding hydrogens is 328 g/mol. The van der Waals surface area contributed by atoms with E-state index in [0.29, 0.717) is 23.3 Å². The molecule has 0 bridgehead atoms. The Labute approximate surface area is 141 Å². The van der Waals surface area contributed by atoms with Gasteiger partial charge < -0.3 is 9.72 Å². The fraction of sp³-hybridized carbons (Fsp3) is 0.471. The number of nitrogens with one attached hydrogen (secondary N) is 2. The van der Waals surface area contributed by atoms with Crippen molar-refractivity contribution in [3.63, 3.8) is 0 Å². The van der Waals surface area contributed by atoms with Crippen molar-refractivity contribution in [3.8, 4) is 5.75 Å². The van der Waals surface area contributed by atoms with Crippen LogP contribution in [0.4, 0.5) is 0 Å². The molecule has 0 amide bonds. The lowest BCUT2D eigenvalue weighted by Gasteiger charge is -2.12. The molecule has 1 aliphatic rings. The van der Waals surface area contributed by atoms with Crippen molar-refractivity contribution in [1.82, 2.24) is 9.71 Å². The van der Waals surface area contributed by atoms with Crippen LogP contribution < -0.4 is 15.0 Å². The first-order valence-corrected chi connectivity index (χ1v) is 9.72. The Kier molecular flexibility index (Phi) is 4.91. The molecule has 1 aliphatic carbocycles. The van der Waals surface area contributed by atoms with Crippen molar-refractivity contribution < 1.29 is 13.2 Å². The first-order chi connectivity index (χ1) is 11.5. The molecule has 7 heteroatoms. The Morgan fingerprint density at radius 1 is 1.25 bits per heavy atom. The van der Waals surface area contributed by atoms with Crippen molar-refractivity contribution in [2.75, 3.05) is 13.7 Å². The Bertz CT molecular complexity index is 883. The molecule has 24 heavy (non-hydrogen) atoms. The van der Waals surface area contributed by atoms with Gasteiger partial charge in [-0.05, 0) is 42.8 Å². The van der Waals surface area contributed by atoms with E-state index in [1.165, 1.54) is 0 Å². The Morgan fingerprint density at radius 3 is 2.71 bits per heavy atom. The van der Waals surface area contributed by atoms with Gasteiger partial charge in [-0.25, -0.2) is 13.1 Å². The van der Waals surface area contributed by atoms with Gasteiger partial charge >= 0.3 is 0 Å². The zero-order valence-corrected chi connectivity index (χ0v) is 14.5. The fourth-order valence-corrected chi connectivity index (χ4v) is 4.76. The highest BCUT2D eigenvalue weighted by Crippen LogP contribution is 2.24. The summed E-state index contributed by atoms with van der Waals surface area (Å²) < 4.78 is 32.1. The van der Waals surface area contributed by atoms with Crippen molar-refractivity contribution >= 4 is 20.9 Å². The second-order valence-electron chi connectivity index (χ2n) is 6.17. The zero-order valence-electron chi connectivity index (χ0n) is 13.7. The van der Waals surface area contributed by atoms with E-state index in [9.17, 15) is 13.2 Å². The molecule has 0 saturated heterocycles. The number of ether oxygens (including phenoxy) is 1. The van der Waals surface area contributed by atoms with Gasteiger partial charge in [0.1, 0.15) is 5.75 Å². The van der Waals surface area contributed by atoms with Gasteiger partial charge in [0.05, 0.1) is 17.9 Å².